The molecule has 0 N–H and O–H groups in total. The molecule has 0 radical (unpaired) electrons. The summed E-state index contributed by atoms with van der Waals surface area (Å²) in [6, 6.07) is 8.16. The van der Waals surface area contributed by atoms with Gasteiger partial charge in [0.25, 0.3) is 0 Å². The van der Waals surface area contributed by atoms with Gasteiger partial charge in [0.15, 0.2) is 0 Å². The number of carbonyl (C=O) groups is 3. The first-order chi connectivity index (χ1) is 59.3. The Kier molecular flexibility index (Phi) is 111. The lowest BCUT2D eigenvalue weighted by molar-refractivity contribution is -0.142. The van der Waals surface area contributed by atoms with Crippen LogP contribution in [-0.2, 0) is 44.5 Å². The maximum Gasteiger partial charge on any atom is 0.389 e. The molecule has 786 valence electrons. The number of esters is 2. The smallest absolute Gasteiger partial charge is 0.389 e. The first kappa shape index (κ1) is 152. The Bertz CT molecular complexity index is 2580. The van der Waals surface area contributed by atoms with Crippen LogP contribution in [0.15, 0.2) is 49.1 Å². The molecule has 1 aliphatic rings. The molecule has 1 amide bonds. The summed E-state index contributed by atoms with van der Waals surface area (Å²) in [4.78, 5) is 41.7. The highest BCUT2D eigenvalue weighted by Crippen LogP contribution is 2.32. The highest BCUT2D eigenvalue weighted by molar-refractivity contribution is 8.00. The predicted molar refractivity (Wildman–Crippen MR) is 555 cm³/mol. The second kappa shape index (κ2) is 94.6. The Balaban J connectivity index is -0.000000115. The summed E-state index contributed by atoms with van der Waals surface area (Å²) in [6.07, 6.45) is 15.2. The average molecular weight is 1920 g/mol. The number of rotatable bonds is 36. The van der Waals surface area contributed by atoms with E-state index in [0.717, 1.165) is 86.9 Å². The summed E-state index contributed by atoms with van der Waals surface area (Å²) >= 11 is 3.98. The van der Waals surface area contributed by atoms with Crippen LogP contribution in [0, 0.1) is 88.8 Å². The van der Waals surface area contributed by atoms with Crippen LogP contribution < -0.4 is 0 Å². The van der Waals surface area contributed by atoms with Gasteiger partial charge in [0, 0.05) is 114 Å². The Labute approximate surface area is 809 Å². The Morgan fingerprint density at radius 2 is 0.931 bits per heavy atom. The number of carbonyl (C=O) groups excluding carboxylic acids is 3. The van der Waals surface area contributed by atoms with Crippen molar-refractivity contribution < 1.29 is 77.6 Å². The number of thioether (sulfide) groups is 2. The first-order valence-electron chi connectivity index (χ1n) is 49.3. The van der Waals surface area contributed by atoms with E-state index in [1.807, 2.05) is 103 Å². The van der Waals surface area contributed by atoms with Gasteiger partial charge in [-0.25, -0.2) is 8.78 Å². The molecule has 0 unspecified atom stereocenters. The number of alkyl halides is 9. The van der Waals surface area contributed by atoms with E-state index in [1.54, 1.807) is 60.0 Å². The Morgan fingerprint density at radius 3 is 1.13 bits per heavy atom. The molecule has 3 heterocycles. The van der Waals surface area contributed by atoms with Crippen molar-refractivity contribution in [2.24, 2.45) is 88.8 Å². The van der Waals surface area contributed by atoms with Gasteiger partial charge in [-0.3, -0.25) is 28.7 Å². The molecular formula is C108H216F9N3O8S2. The summed E-state index contributed by atoms with van der Waals surface area (Å²) in [5.41, 5.74) is 2.73. The van der Waals surface area contributed by atoms with Crippen molar-refractivity contribution in [3.05, 3.63) is 60.2 Å². The van der Waals surface area contributed by atoms with Crippen LogP contribution in [-0.4, -0.2) is 146 Å². The van der Waals surface area contributed by atoms with Gasteiger partial charge in [-0.05, 0) is 222 Å². The van der Waals surface area contributed by atoms with Crippen LogP contribution in [0.25, 0.3) is 0 Å². The normalized spacial score (nSPS) is 12.1. The number of methoxy groups -OCH3 is 3. The molecule has 1 fully saturated rings. The maximum absolute atomic E-state index is 11.4. The zero-order chi connectivity index (χ0) is 105. The van der Waals surface area contributed by atoms with Gasteiger partial charge in [0.1, 0.15) is 0 Å². The van der Waals surface area contributed by atoms with Crippen LogP contribution in [0.3, 0.4) is 0 Å². The molecule has 130 heavy (non-hydrogen) atoms. The summed E-state index contributed by atoms with van der Waals surface area (Å²) in [5, 5.41) is 0. The fraction of sp³-hybridized carbons (Fsp3) is 0.880. The van der Waals surface area contributed by atoms with Gasteiger partial charge in [-0.1, -0.05) is 293 Å². The first-order valence-corrected chi connectivity index (χ1v) is 51.5. The molecule has 0 bridgehead atoms. The van der Waals surface area contributed by atoms with E-state index in [-0.39, 0.29) is 60.4 Å². The van der Waals surface area contributed by atoms with Crippen molar-refractivity contribution in [3.8, 4) is 0 Å². The molecule has 2 aromatic heterocycles. The summed E-state index contributed by atoms with van der Waals surface area (Å²) in [6.45, 7) is 89.6. The van der Waals surface area contributed by atoms with Crippen LogP contribution in [0.1, 0.15) is 423 Å². The third kappa shape index (κ3) is 138. The predicted octanol–water partition coefficient (Wildman–Crippen LogP) is 35.6. The van der Waals surface area contributed by atoms with E-state index in [9.17, 15) is 53.9 Å². The van der Waals surface area contributed by atoms with E-state index in [4.69, 9.17) is 14.2 Å². The van der Waals surface area contributed by atoms with Crippen LogP contribution in [0.5, 0.6) is 0 Å². The zero-order valence-electron chi connectivity index (χ0n) is 93.4. The minimum Gasteiger partial charge on any atom is -0.469 e. The van der Waals surface area contributed by atoms with E-state index in [0.29, 0.717) is 83.0 Å². The minimum absolute atomic E-state index is 0.0417. The average Bonchev–Trinajstić information content (AvgIpc) is 0.924. The number of amides is 1. The standard InChI is InChI=1S/C9H13N.C9H18O2.C9H18O.C8H17NO.C8H11N.C8H18O.C8H18S.C7H16O.C7H16S.C7H16.C6H11F3.C6H12F2.C6H12O2.C5H9F3.C5H11F/c1-8(2)6-9-4-3-5-10-7-9;1-8(2)6-4-5-7-9(10)11-3;1-8(2)7-9-3-5-10-6-4-9;1-7(2)5-6-8(10)9(3)4;1-7(2)8-4-3-5-9-6-8;2*1-6-9-8(4,5)7(2)3;2*1-6(2)7(3,4)8-5;1-4-5-6-7(2)3;1-5(2)3-4-6(7,8)9;1-5(2)3-4-6(7)8;1-5(2)4-6(7)8-3;1-4(2)3-5(6,7)8;1-5(2)3-4-6/h3-5,7-8H,6H2,1-2H3;8H,4-7H2,1-3H3;8-9H,3-7H2,1-2H3;7H,5-6H2,1-4H3;3-7H,1-2H3;2*7H,6H2,1-5H3;2*6H,1-5H3;7H,4-6H2,1-3H3;5H,3-4H2,1-2H3;5-6H,3-4H2,1-2H3;5H,4H2,1-3H3;4H,3H2,1-2H3;5H,3-4H2,1-2H3. The highest BCUT2D eigenvalue weighted by atomic mass is 32.2. The van der Waals surface area contributed by atoms with Gasteiger partial charge >= 0.3 is 24.3 Å². The fourth-order valence-electron chi connectivity index (χ4n) is 9.09. The maximum atomic E-state index is 11.4. The summed E-state index contributed by atoms with van der Waals surface area (Å²) in [7, 11) is 8.18. The Hall–Kier alpha value is -3.34. The topological polar surface area (TPSA) is 126 Å². The van der Waals surface area contributed by atoms with Crippen LogP contribution in [0.4, 0.5) is 39.5 Å². The number of unbranched alkanes of at least 4 members (excludes halogenated alkanes) is 2. The fourth-order valence-corrected chi connectivity index (χ4v) is 10.6. The van der Waals surface area contributed by atoms with Gasteiger partial charge in [-0.15, -0.1) is 0 Å². The van der Waals surface area contributed by atoms with Crippen LogP contribution in [0.2, 0.25) is 0 Å². The van der Waals surface area contributed by atoms with Crippen molar-refractivity contribution in [2.75, 3.05) is 73.9 Å². The largest absolute Gasteiger partial charge is 0.469 e. The van der Waals surface area contributed by atoms with Crippen LogP contribution >= 0.6 is 23.5 Å². The number of hydrogen-bond donors (Lipinski definition) is 0. The number of aromatic nitrogens is 2. The minimum atomic E-state index is -3.98. The zero-order valence-corrected chi connectivity index (χ0v) is 95.1. The van der Waals surface area contributed by atoms with Crippen molar-refractivity contribution in [2.45, 2.75) is 458 Å². The molecule has 0 atom stereocenters. The molecule has 0 spiro atoms. The SMILES string of the molecule is CC(C)CC(F)(F)F.CC(C)CC1CCOCC1.CC(C)CCC(=O)N(C)C.CC(C)CCC(F)(F)F.CC(C)CCC(F)F.CC(C)CCF.CC(C)Cc1cccnc1.CC(C)c1cccnc1.CCCCC(C)C.CCOC(C)(C)C(C)C.CCSC(C)(C)C(C)C.COC(=O)CC(C)C.COC(=O)CCCCC(C)C.COC(C)(C)C(C)C.CSC(C)(C)C(C)C. The molecule has 0 aromatic carbocycles. The van der Waals surface area contributed by atoms with Crippen molar-refractivity contribution in [1.29, 1.82) is 0 Å². The quantitative estimate of drug-likeness (QED) is 0.0366. The number of nitrogens with zero attached hydrogens (tertiary/aromatic N) is 3. The lowest BCUT2D eigenvalue weighted by Gasteiger charge is -2.28. The molecule has 11 nitrogen and oxygen atoms in total. The van der Waals surface area contributed by atoms with E-state index in [1.165, 1.54) is 76.0 Å². The highest BCUT2D eigenvalue weighted by Gasteiger charge is 2.29. The second-order valence-electron chi connectivity index (χ2n) is 41.5. The molecule has 22 heteroatoms. The van der Waals surface area contributed by atoms with E-state index < -0.39 is 31.6 Å². The third-order valence-electron chi connectivity index (χ3n) is 20.8. The molecule has 0 saturated carbocycles. The molecule has 2 aromatic rings. The van der Waals surface area contributed by atoms with Crippen molar-refractivity contribution in [3.63, 3.8) is 0 Å². The van der Waals surface area contributed by atoms with Gasteiger partial charge in [0.2, 0.25) is 12.3 Å². The molecule has 1 saturated heterocycles. The molecule has 1 aliphatic heterocycles. The molecule has 0 aliphatic carbocycles. The number of ether oxygens (including phenoxy) is 5. The summed E-state index contributed by atoms with van der Waals surface area (Å²) < 4.78 is 128. The number of halogens is 9. The second-order valence-corrected chi connectivity index (χ2v) is 44.9. The van der Waals surface area contributed by atoms with E-state index in [2.05, 4.69) is 246 Å². The van der Waals surface area contributed by atoms with Gasteiger partial charge < -0.3 is 28.6 Å². The lowest BCUT2D eigenvalue weighted by Crippen LogP contribution is -2.30. The summed E-state index contributed by atoms with van der Waals surface area (Å²) in [5.74, 6) is 10.6. The van der Waals surface area contributed by atoms with E-state index >= 15 is 0 Å². The molecular weight excluding hydrogens is 1700 g/mol. The Morgan fingerprint density at radius 1 is 0.492 bits per heavy atom. The van der Waals surface area contributed by atoms with Crippen molar-refractivity contribution in [1.82, 2.24) is 14.9 Å². The lowest BCUT2D eigenvalue weighted by atomic mass is 9.91. The number of hydrogen-bond acceptors (Lipinski definition) is 12. The molecule has 3 rings (SSSR count). The number of pyridine rings is 2. The van der Waals surface area contributed by atoms with Gasteiger partial charge in [0.05, 0.1) is 32.1 Å². The van der Waals surface area contributed by atoms with Gasteiger partial charge in [-0.2, -0.15) is 49.9 Å². The van der Waals surface area contributed by atoms with Crippen molar-refractivity contribution >= 4 is 41.4 Å². The third-order valence-corrected chi connectivity index (χ3v) is 23.8. The monoisotopic (exact) mass is 1920 g/mol.